The fraction of sp³-hybridized carbons (Fsp3) is 0.200. The molecule has 0 radical (unpaired) electrons. The highest BCUT2D eigenvalue weighted by molar-refractivity contribution is 7.17. The van der Waals surface area contributed by atoms with Crippen molar-refractivity contribution in [2.45, 2.75) is 19.4 Å². The third kappa shape index (κ3) is 4.55. The molecule has 0 saturated heterocycles. The van der Waals surface area contributed by atoms with Crippen molar-refractivity contribution in [2.24, 2.45) is 0 Å². The SMILES string of the molecule is COC(=O)C[C@@H](NC(=O)c1sc(-c2ccccn2)nc1C)c1ccccc1Cl. The van der Waals surface area contributed by atoms with Crippen LogP contribution < -0.4 is 5.32 Å². The monoisotopic (exact) mass is 415 g/mol. The molecule has 1 N–H and O–H groups in total. The average Bonchev–Trinajstić information content (AvgIpc) is 3.10. The fourth-order valence-corrected chi connectivity index (χ4v) is 3.89. The van der Waals surface area contributed by atoms with Gasteiger partial charge in [0.15, 0.2) is 0 Å². The van der Waals surface area contributed by atoms with Gasteiger partial charge in [-0.15, -0.1) is 11.3 Å². The largest absolute Gasteiger partial charge is 0.469 e. The van der Waals surface area contributed by atoms with E-state index in [2.05, 4.69) is 15.3 Å². The molecule has 2 heterocycles. The number of hydrogen-bond donors (Lipinski definition) is 1. The Hall–Kier alpha value is -2.77. The number of esters is 1. The lowest BCUT2D eigenvalue weighted by Gasteiger charge is -2.19. The summed E-state index contributed by atoms with van der Waals surface area (Å²) in [6, 6.07) is 12.0. The van der Waals surface area contributed by atoms with E-state index in [0.29, 0.717) is 31.9 Å². The molecule has 2 aromatic heterocycles. The second-order valence-corrected chi connectivity index (χ2v) is 7.38. The molecule has 0 aliphatic heterocycles. The maximum absolute atomic E-state index is 12.9. The Kier molecular flexibility index (Phi) is 6.38. The van der Waals surface area contributed by atoms with Crippen LogP contribution in [0.5, 0.6) is 0 Å². The molecule has 0 unspecified atom stereocenters. The lowest BCUT2D eigenvalue weighted by atomic mass is 10.0. The fourth-order valence-electron chi connectivity index (χ4n) is 2.68. The smallest absolute Gasteiger partial charge is 0.307 e. The van der Waals surface area contributed by atoms with Crippen molar-refractivity contribution < 1.29 is 14.3 Å². The van der Waals surface area contributed by atoms with E-state index in [1.807, 2.05) is 18.2 Å². The van der Waals surface area contributed by atoms with Crippen molar-refractivity contribution in [3.8, 4) is 10.7 Å². The number of carbonyl (C=O) groups excluding carboxylic acids is 2. The van der Waals surface area contributed by atoms with Crippen molar-refractivity contribution in [1.29, 1.82) is 0 Å². The average molecular weight is 416 g/mol. The lowest BCUT2D eigenvalue weighted by Crippen LogP contribution is -2.30. The van der Waals surface area contributed by atoms with Crippen molar-refractivity contribution in [2.75, 3.05) is 7.11 Å². The van der Waals surface area contributed by atoms with Crippen LogP contribution in [0.4, 0.5) is 0 Å². The number of halogens is 1. The van der Waals surface area contributed by atoms with Crippen molar-refractivity contribution in [1.82, 2.24) is 15.3 Å². The molecule has 1 aromatic carbocycles. The summed E-state index contributed by atoms with van der Waals surface area (Å²) in [4.78, 5) is 34.0. The highest BCUT2D eigenvalue weighted by Crippen LogP contribution is 2.29. The highest BCUT2D eigenvalue weighted by Gasteiger charge is 2.24. The van der Waals surface area contributed by atoms with E-state index in [1.54, 1.807) is 37.4 Å². The molecule has 1 amide bonds. The van der Waals surface area contributed by atoms with E-state index in [1.165, 1.54) is 18.4 Å². The van der Waals surface area contributed by atoms with Crippen LogP contribution in [0, 0.1) is 6.92 Å². The predicted molar refractivity (Wildman–Crippen MR) is 108 cm³/mol. The third-order valence-corrected chi connectivity index (χ3v) is 5.59. The van der Waals surface area contributed by atoms with Gasteiger partial charge >= 0.3 is 5.97 Å². The number of hydrogen-bond acceptors (Lipinski definition) is 6. The molecule has 144 valence electrons. The molecular weight excluding hydrogens is 398 g/mol. The van der Waals surface area contributed by atoms with Crippen LogP contribution in [0.1, 0.15) is 33.4 Å². The molecule has 6 nitrogen and oxygen atoms in total. The van der Waals surface area contributed by atoms with E-state index in [4.69, 9.17) is 16.3 Å². The molecule has 0 bridgehead atoms. The van der Waals surface area contributed by atoms with Crippen LogP contribution >= 0.6 is 22.9 Å². The van der Waals surface area contributed by atoms with Gasteiger partial charge in [0.05, 0.1) is 31.0 Å². The molecule has 1 atom stereocenters. The van der Waals surface area contributed by atoms with Gasteiger partial charge in [0, 0.05) is 11.2 Å². The number of nitrogens with one attached hydrogen (secondary N) is 1. The second kappa shape index (κ2) is 8.95. The standard InChI is InChI=1S/C20H18ClN3O3S/c1-12-18(28-20(23-12)15-9-5-6-10-22-15)19(26)24-16(11-17(25)27-2)13-7-3-4-8-14(13)21/h3-10,16H,11H2,1-2H3,(H,24,26)/t16-/m1/s1. The van der Waals surface area contributed by atoms with E-state index in [-0.39, 0.29) is 12.3 Å². The number of aryl methyl sites for hydroxylation is 1. The highest BCUT2D eigenvalue weighted by atomic mass is 35.5. The van der Waals surface area contributed by atoms with Gasteiger partial charge in [0.1, 0.15) is 9.88 Å². The van der Waals surface area contributed by atoms with Gasteiger partial charge in [-0.25, -0.2) is 4.98 Å². The van der Waals surface area contributed by atoms with E-state index < -0.39 is 12.0 Å². The maximum atomic E-state index is 12.9. The molecule has 0 aliphatic rings. The van der Waals surface area contributed by atoms with Gasteiger partial charge in [-0.05, 0) is 30.7 Å². The van der Waals surface area contributed by atoms with Crippen LogP contribution in [-0.2, 0) is 9.53 Å². The summed E-state index contributed by atoms with van der Waals surface area (Å²) in [5, 5.41) is 4.01. The Morgan fingerprint density at radius 2 is 1.96 bits per heavy atom. The zero-order chi connectivity index (χ0) is 20.1. The first-order chi connectivity index (χ1) is 13.5. The Bertz CT molecular complexity index is 991. The molecule has 0 fully saturated rings. The van der Waals surface area contributed by atoms with E-state index >= 15 is 0 Å². The van der Waals surface area contributed by atoms with Crippen molar-refractivity contribution in [3.63, 3.8) is 0 Å². The molecular formula is C20H18ClN3O3S. The number of benzene rings is 1. The molecule has 0 aliphatic carbocycles. The lowest BCUT2D eigenvalue weighted by molar-refractivity contribution is -0.141. The Balaban J connectivity index is 1.87. The summed E-state index contributed by atoms with van der Waals surface area (Å²) in [6.45, 7) is 1.77. The summed E-state index contributed by atoms with van der Waals surface area (Å²) in [5.74, 6) is -0.772. The van der Waals surface area contributed by atoms with Gasteiger partial charge in [0.25, 0.3) is 5.91 Å². The van der Waals surface area contributed by atoms with Gasteiger partial charge in [0.2, 0.25) is 0 Å². The van der Waals surface area contributed by atoms with Gasteiger partial charge in [-0.1, -0.05) is 35.9 Å². The first-order valence-electron chi connectivity index (χ1n) is 8.50. The van der Waals surface area contributed by atoms with Crippen molar-refractivity contribution >= 4 is 34.8 Å². The number of amides is 1. The summed E-state index contributed by atoms with van der Waals surface area (Å²) < 4.78 is 4.76. The first kappa shape index (κ1) is 20.0. The zero-order valence-corrected chi connectivity index (χ0v) is 16.9. The minimum absolute atomic E-state index is 0.0308. The number of carbonyl (C=O) groups is 2. The molecule has 8 heteroatoms. The molecule has 3 aromatic rings. The van der Waals surface area contributed by atoms with Crippen molar-refractivity contribution in [3.05, 3.63) is 69.8 Å². The van der Waals surface area contributed by atoms with Gasteiger partial charge in [-0.2, -0.15) is 0 Å². The number of ether oxygens (including phenoxy) is 1. The Morgan fingerprint density at radius 1 is 1.21 bits per heavy atom. The number of nitrogens with zero attached hydrogens (tertiary/aromatic N) is 2. The van der Waals surface area contributed by atoms with Crippen LogP contribution in [0.2, 0.25) is 5.02 Å². The number of rotatable bonds is 6. The summed E-state index contributed by atoms with van der Waals surface area (Å²) in [5.41, 5.74) is 1.95. The molecule has 3 rings (SSSR count). The minimum atomic E-state index is -0.617. The van der Waals surface area contributed by atoms with E-state index in [0.717, 1.165) is 0 Å². The number of aromatic nitrogens is 2. The van der Waals surface area contributed by atoms with Crippen LogP contribution in [0.3, 0.4) is 0 Å². The van der Waals surface area contributed by atoms with Crippen LogP contribution in [0.15, 0.2) is 48.7 Å². The molecule has 0 spiro atoms. The summed E-state index contributed by atoms with van der Waals surface area (Å²) >= 11 is 7.52. The minimum Gasteiger partial charge on any atom is -0.469 e. The third-order valence-electron chi connectivity index (χ3n) is 4.07. The Labute approximate surface area is 171 Å². The van der Waals surface area contributed by atoms with Gasteiger partial charge in [-0.3, -0.25) is 14.6 Å². The predicted octanol–water partition coefficient (Wildman–Crippen LogP) is 4.20. The summed E-state index contributed by atoms with van der Waals surface area (Å²) in [6.07, 6.45) is 1.65. The number of thiazole rings is 1. The van der Waals surface area contributed by atoms with Crippen LogP contribution in [-0.4, -0.2) is 29.0 Å². The quantitative estimate of drug-likeness (QED) is 0.610. The summed E-state index contributed by atoms with van der Waals surface area (Å²) in [7, 11) is 1.31. The van der Waals surface area contributed by atoms with Crippen LogP contribution in [0.25, 0.3) is 10.7 Å². The second-order valence-electron chi connectivity index (χ2n) is 5.98. The topological polar surface area (TPSA) is 81.2 Å². The molecule has 28 heavy (non-hydrogen) atoms. The Morgan fingerprint density at radius 3 is 2.64 bits per heavy atom. The molecule has 0 saturated carbocycles. The number of pyridine rings is 1. The first-order valence-corrected chi connectivity index (χ1v) is 9.70. The normalized spacial score (nSPS) is 11.7. The number of methoxy groups -OCH3 is 1. The maximum Gasteiger partial charge on any atom is 0.307 e. The van der Waals surface area contributed by atoms with E-state index in [9.17, 15) is 9.59 Å². The zero-order valence-electron chi connectivity index (χ0n) is 15.3. The van der Waals surface area contributed by atoms with Gasteiger partial charge < -0.3 is 10.1 Å².